The topological polar surface area (TPSA) is 140 Å². The van der Waals surface area contributed by atoms with Crippen LogP contribution >= 0.6 is 7.60 Å². The number of nitrogens with zero attached hydrogens (tertiary/aromatic N) is 1. The molecule has 0 fully saturated rings. The Kier molecular flexibility index (Phi) is 8.14. The van der Waals surface area contributed by atoms with E-state index in [1.54, 1.807) is 20.8 Å². The highest BCUT2D eigenvalue weighted by atomic mass is 31.2. The van der Waals surface area contributed by atoms with Crippen LogP contribution in [0, 0.1) is 0 Å². The van der Waals surface area contributed by atoms with Crippen LogP contribution in [0.25, 0.3) is 0 Å². The summed E-state index contributed by atoms with van der Waals surface area (Å²) in [5.41, 5.74) is -2.63. The zero-order chi connectivity index (χ0) is 20.0. The Bertz CT molecular complexity index is 765. The number of hydrogen-bond acceptors (Lipinski definition) is 6. The fraction of sp³-hybridized carbons (Fsp3) is 0.600. The average Bonchev–Trinajstić information content (AvgIpc) is 2.49. The second-order valence-electron chi connectivity index (χ2n) is 6.06. The SMILES string of the molecule is COCC(C)(O[C@H](/C=C/P(=O)(O)O)COC(C)C)n1ccc(=O)[nH]c1=O. The van der Waals surface area contributed by atoms with Crippen LogP contribution in [0.5, 0.6) is 0 Å². The molecule has 11 heteroatoms. The predicted octanol–water partition coefficient (Wildman–Crippen LogP) is 0.357. The molecule has 0 saturated carbocycles. The Morgan fingerprint density at radius 3 is 2.54 bits per heavy atom. The molecule has 1 aromatic heterocycles. The van der Waals surface area contributed by atoms with E-state index in [0.717, 1.165) is 10.6 Å². The van der Waals surface area contributed by atoms with Crippen molar-refractivity contribution in [1.82, 2.24) is 9.55 Å². The quantitative estimate of drug-likeness (QED) is 0.485. The monoisotopic (exact) mass is 392 g/mol. The van der Waals surface area contributed by atoms with Gasteiger partial charge in [-0.3, -0.25) is 18.9 Å². The zero-order valence-corrected chi connectivity index (χ0v) is 16.0. The summed E-state index contributed by atoms with van der Waals surface area (Å²) in [6.07, 6.45) is 1.40. The second kappa shape index (κ2) is 9.40. The van der Waals surface area contributed by atoms with Gasteiger partial charge in [0, 0.05) is 25.2 Å². The molecule has 10 nitrogen and oxygen atoms in total. The van der Waals surface area contributed by atoms with Crippen LogP contribution in [0.3, 0.4) is 0 Å². The maximum atomic E-state index is 12.1. The fourth-order valence-corrected chi connectivity index (χ4v) is 2.58. The molecule has 0 aliphatic rings. The maximum Gasteiger partial charge on any atom is 0.348 e. The number of hydrogen-bond donors (Lipinski definition) is 3. The first-order chi connectivity index (χ1) is 12.0. The van der Waals surface area contributed by atoms with Gasteiger partial charge in [-0.25, -0.2) is 4.79 Å². The van der Waals surface area contributed by atoms with Gasteiger partial charge in [-0.2, -0.15) is 0 Å². The first kappa shape index (κ1) is 22.5. The average molecular weight is 392 g/mol. The minimum absolute atomic E-state index is 0.00836. The van der Waals surface area contributed by atoms with Crippen molar-refractivity contribution in [1.29, 1.82) is 0 Å². The van der Waals surface area contributed by atoms with Crippen LogP contribution in [0.2, 0.25) is 0 Å². The molecule has 3 N–H and O–H groups in total. The minimum Gasteiger partial charge on any atom is -0.380 e. The van der Waals surface area contributed by atoms with Gasteiger partial charge >= 0.3 is 13.3 Å². The highest BCUT2D eigenvalue weighted by molar-refractivity contribution is 7.55. The van der Waals surface area contributed by atoms with Crippen LogP contribution in [0.15, 0.2) is 33.7 Å². The number of H-pyrrole nitrogens is 1. The van der Waals surface area contributed by atoms with Crippen LogP contribution in [-0.2, 0) is 24.5 Å². The van der Waals surface area contributed by atoms with E-state index in [2.05, 4.69) is 4.98 Å². The van der Waals surface area contributed by atoms with E-state index in [9.17, 15) is 14.2 Å². The summed E-state index contributed by atoms with van der Waals surface area (Å²) >= 11 is 0. The molecule has 1 aromatic rings. The summed E-state index contributed by atoms with van der Waals surface area (Å²) < 4.78 is 28.7. The Morgan fingerprint density at radius 1 is 1.38 bits per heavy atom. The maximum absolute atomic E-state index is 12.1. The summed E-state index contributed by atoms with van der Waals surface area (Å²) in [6.45, 7) is 5.06. The van der Waals surface area contributed by atoms with Crippen LogP contribution < -0.4 is 11.2 Å². The van der Waals surface area contributed by atoms with Gasteiger partial charge in [0.2, 0.25) is 0 Å². The Hall–Kier alpha value is -1.55. The molecule has 0 aromatic carbocycles. The van der Waals surface area contributed by atoms with Gasteiger partial charge in [-0.05, 0) is 26.8 Å². The lowest BCUT2D eigenvalue weighted by molar-refractivity contribution is -0.171. The summed E-state index contributed by atoms with van der Waals surface area (Å²) in [7, 11) is -2.99. The van der Waals surface area contributed by atoms with Crippen molar-refractivity contribution in [3.8, 4) is 0 Å². The van der Waals surface area contributed by atoms with Crippen LogP contribution in [0.4, 0.5) is 0 Å². The first-order valence-electron chi connectivity index (χ1n) is 7.82. The lowest BCUT2D eigenvalue weighted by Crippen LogP contribution is -2.48. The highest BCUT2D eigenvalue weighted by Gasteiger charge is 2.32. The van der Waals surface area contributed by atoms with Crippen LogP contribution in [-0.4, -0.2) is 51.9 Å². The van der Waals surface area contributed by atoms with Crippen LogP contribution in [0.1, 0.15) is 20.8 Å². The van der Waals surface area contributed by atoms with E-state index in [1.807, 2.05) is 0 Å². The number of ether oxygens (including phenoxy) is 3. The molecular weight excluding hydrogens is 367 g/mol. The molecule has 148 valence electrons. The van der Waals surface area contributed by atoms with E-state index in [1.165, 1.54) is 19.4 Å². The fourth-order valence-electron chi connectivity index (χ4n) is 2.17. The van der Waals surface area contributed by atoms with E-state index < -0.39 is 30.7 Å². The van der Waals surface area contributed by atoms with Gasteiger partial charge in [-0.1, -0.05) is 0 Å². The van der Waals surface area contributed by atoms with Gasteiger partial charge in [0.05, 0.1) is 19.3 Å². The molecule has 0 bridgehead atoms. The highest BCUT2D eigenvalue weighted by Crippen LogP contribution is 2.36. The van der Waals surface area contributed by atoms with Gasteiger partial charge < -0.3 is 24.0 Å². The van der Waals surface area contributed by atoms with Crippen molar-refractivity contribution in [3.63, 3.8) is 0 Å². The molecule has 0 aliphatic heterocycles. The van der Waals surface area contributed by atoms with Gasteiger partial charge in [0.15, 0.2) is 5.72 Å². The molecule has 2 atom stereocenters. The second-order valence-corrected chi connectivity index (χ2v) is 7.53. The van der Waals surface area contributed by atoms with Crippen molar-refractivity contribution in [2.75, 3.05) is 20.3 Å². The smallest absolute Gasteiger partial charge is 0.348 e. The molecule has 0 saturated heterocycles. The number of rotatable bonds is 10. The Morgan fingerprint density at radius 2 is 2.04 bits per heavy atom. The molecule has 0 radical (unpaired) electrons. The molecule has 1 rings (SSSR count). The molecule has 1 unspecified atom stereocenters. The van der Waals surface area contributed by atoms with E-state index in [0.29, 0.717) is 5.82 Å². The van der Waals surface area contributed by atoms with Crippen molar-refractivity contribution in [3.05, 3.63) is 45.0 Å². The Labute approximate surface area is 150 Å². The summed E-state index contributed by atoms with van der Waals surface area (Å²) in [5, 5.41) is 0. The third-order valence-corrected chi connectivity index (χ3v) is 3.80. The van der Waals surface area contributed by atoms with Gasteiger partial charge in [-0.15, -0.1) is 0 Å². The van der Waals surface area contributed by atoms with Crippen molar-refractivity contribution in [2.24, 2.45) is 0 Å². The summed E-state index contributed by atoms with van der Waals surface area (Å²) in [6, 6.07) is 1.16. The molecule has 26 heavy (non-hydrogen) atoms. The molecule has 0 spiro atoms. The largest absolute Gasteiger partial charge is 0.380 e. The normalized spacial score (nSPS) is 16.1. The Balaban J connectivity index is 3.21. The van der Waals surface area contributed by atoms with Gasteiger partial charge in [0.25, 0.3) is 5.56 Å². The number of methoxy groups -OCH3 is 1. The third-order valence-electron chi connectivity index (χ3n) is 3.24. The number of aromatic nitrogens is 2. The standard InChI is InChI=1S/C15H25N2O8P/c1-11(2)24-9-12(6-8-26(20,21)22)25-15(3,10-23-4)17-7-5-13(18)16-14(17)19/h5-8,11-12H,9-10H2,1-4H3,(H,16,18,19)(H2,20,21,22)/b8-6+/t12-,15?/m1/s1. The number of aromatic amines is 1. The zero-order valence-electron chi connectivity index (χ0n) is 15.1. The third kappa shape index (κ3) is 7.36. The lowest BCUT2D eigenvalue weighted by Gasteiger charge is -2.34. The van der Waals surface area contributed by atoms with E-state index in [4.69, 9.17) is 24.0 Å². The van der Waals surface area contributed by atoms with Crippen molar-refractivity contribution in [2.45, 2.75) is 38.7 Å². The predicted molar refractivity (Wildman–Crippen MR) is 94.0 cm³/mol. The molecular formula is C15H25N2O8P. The molecule has 0 amide bonds. The van der Waals surface area contributed by atoms with E-state index in [-0.39, 0.29) is 19.3 Å². The summed E-state index contributed by atoms with van der Waals surface area (Å²) in [5.74, 6) is 0.713. The molecule has 1 heterocycles. The van der Waals surface area contributed by atoms with Gasteiger partial charge in [0.1, 0.15) is 6.10 Å². The summed E-state index contributed by atoms with van der Waals surface area (Å²) in [4.78, 5) is 43.6. The lowest BCUT2D eigenvalue weighted by atomic mass is 10.2. The van der Waals surface area contributed by atoms with E-state index >= 15 is 0 Å². The minimum atomic E-state index is -4.40. The van der Waals surface area contributed by atoms with Crippen molar-refractivity contribution >= 4 is 7.60 Å². The number of nitrogens with one attached hydrogen (secondary N) is 1. The first-order valence-corrected chi connectivity index (χ1v) is 9.50. The van der Waals surface area contributed by atoms with Crippen molar-refractivity contribution < 1.29 is 28.6 Å². The molecule has 0 aliphatic carbocycles.